The maximum absolute atomic E-state index is 12.4. The highest BCUT2D eigenvalue weighted by Gasteiger charge is 2.22. The molecule has 3 heterocycles. The number of para-hydroxylation sites is 1. The van der Waals surface area contributed by atoms with Crippen molar-refractivity contribution in [2.24, 2.45) is 0 Å². The Labute approximate surface area is 189 Å². The van der Waals surface area contributed by atoms with Crippen LogP contribution in [-0.4, -0.2) is 51.0 Å². The smallest absolute Gasteiger partial charge is 0.258 e. The Morgan fingerprint density at radius 1 is 1.09 bits per heavy atom. The second kappa shape index (κ2) is 9.13. The van der Waals surface area contributed by atoms with E-state index in [0.717, 1.165) is 36.3 Å². The molecule has 5 rings (SSSR count). The summed E-state index contributed by atoms with van der Waals surface area (Å²) >= 11 is 1.51. The molecule has 1 fully saturated rings. The summed E-state index contributed by atoms with van der Waals surface area (Å²) in [5.74, 6) is 1.90. The molecule has 0 spiro atoms. The Morgan fingerprint density at radius 3 is 2.78 bits per heavy atom. The highest BCUT2D eigenvalue weighted by Crippen LogP contribution is 2.29. The number of fused-ring (bicyclic) bond motifs is 1. The van der Waals surface area contributed by atoms with Crippen LogP contribution in [0.4, 0.5) is 5.95 Å². The monoisotopic (exact) mass is 448 g/mol. The van der Waals surface area contributed by atoms with Crippen LogP contribution in [0.15, 0.2) is 58.5 Å². The van der Waals surface area contributed by atoms with Crippen LogP contribution in [0.2, 0.25) is 0 Å². The fourth-order valence-corrected chi connectivity index (χ4v) is 4.62. The number of ether oxygens (including phenoxy) is 1. The van der Waals surface area contributed by atoms with Gasteiger partial charge < -0.3 is 14.6 Å². The van der Waals surface area contributed by atoms with Crippen LogP contribution in [0.25, 0.3) is 16.6 Å². The largest absolute Gasteiger partial charge is 0.378 e. The van der Waals surface area contributed by atoms with Gasteiger partial charge in [-0.2, -0.15) is 0 Å². The highest BCUT2D eigenvalue weighted by atomic mass is 32.2. The first-order valence-electron chi connectivity index (χ1n) is 10.7. The van der Waals surface area contributed by atoms with E-state index in [2.05, 4.69) is 60.8 Å². The number of nitrogens with one attached hydrogen (secondary N) is 1. The number of aryl methyl sites for hydroxylation is 1. The summed E-state index contributed by atoms with van der Waals surface area (Å²) in [5, 5.41) is 10.4. The average molecular weight is 449 g/mol. The number of nitrogens with zero attached hydrogens (tertiary/aromatic N) is 5. The van der Waals surface area contributed by atoms with E-state index in [0.29, 0.717) is 35.7 Å². The molecule has 164 valence electrons. The zero-order valence-electron chi connectivity index (χ0n) is 17.8. The predicted molar refractivity (Wildman–Crippen MR) is 126 cm³/mol. The van der Waals surface area contributed by atoms with Gasteiger partial charge in [0.05, 0.1) is 35.6 Å². The Kier molecular flexibility index (Phi) is 5.91. The molecule has 8 nitrogen and oxygen atoms in total. The molecule has 1 aliphatic rings. The summed E-state index contributed by atoms with van der Waals surface area (Å²) in [7, 11) is 0. The first kappa shape index (κ1) is 20.7. The maximum Gasteiger partial charge on any atom is 0.258 e. The van der Waals surface area contributed by atoms with Gasteiger partial charge in [0.15, 0.2) is 5.16 Å². The molecule has 0 unspecified atom stereocenters. The van der Waals surface area contributed by atoms with Gasteiger partial charge in [0.2, 0.25) is 5.95 Å². The van der Waals surface area contributed by atoms with Crippen molar-refractivity contribution in [2.75, 3.05) is 31.2 Å². The average Bonchev–Trinajstić information content (AvgIpc) is 3.27. The number of H-pyrrole nitrogens is 1. The number of rotatable bonds is 6. The number of hydrogen-bond acceptors (Lipinski definition) is 7. The van der Waals surface area contributed by atoms with Gasteiger partial charge in [0.25, 0.3) is 5.56 Å². The van der Waals surface area contributed by atoms with Gasteiger partial charge in [0, 0.05) is 13.1 Å². The van der Waals surface area contributed by atoms with Gasteiger partial charge in [-0.05, 0) is 36.2 Å². The molecule has 0 bridgehead atoms. The number of benzene rings is 2. The molecule has 2 aromatic carbocycles. The molecular formula is C23H24N6O2S. The van der Waals surface area contributed by atoms with Crippen LogP contribution in [0.5, 0.6) is 0 Å². The van der Waals surface area contributed by atoms with E-state index in [4.69, 9.17) is 4.74 Å². The minimum Gasteiger partial charge on any atom is -0.378 e. The Hall–Kier alpha value is -3.17. The number of anilines is 1. The van der Waals surface area contributed by atoms with E-state index in [1.54, 1.807) is 6.07 Å². The van der Waals surface area contributed by atoms with E-state index >= 15 is 0 Å². The van der Waals surface area contributed by atoms with E-state index in [1.807, 2.05) is 18.2 Å². The van der Waals surface area contributed by atoms with Crippen molar-refractivity contribution < 1.29 is 4.74 Å². The third kappa shape index (κ3) is 4.13. The molecule has 1 saturated heterocycles. The number of morpholine rings is 1. The van der Waals surface area contributed by atoms with Crippen LogP contribution >= 0.6 is 11.8 Å². The first-order chi connectivity index (χ1) is 15.7. The summed E-state index contributed by atoms with van der Waals surface area (Å²) in [6, 6.07) is 15.8. The molecule has 2 aromatic heterocycles. The van der Waals surface area contributed by atoms with Gasteiger partial charge >= 0.3 is 0 Å². The van der Waals surface area contributed by atoms with Crippen LogP contribution < -0.4 is 10.5 Å². The van der Waals surface area contributed by atoms with Crippen molar-refractivity contribution in [3.63, 3.8) is 0 Å². The van der Waals surface area contributed by atoms with Gasteiger partial charge in [-0.1, -0.05) is 43.0 Å². The van der Waals surface area contributed by atoms with Gasteiger partial charge in [-0.15, -0.1) is 10.2 Å². The standard InChI is InChI=1S/C23H24N6O2S/c1-2-16-6-5-7-17(14-16)29-22(28-10-12-31-13-11-28)26-27-23(29)32-15-20-24-19-9-4-3-8-18(19)21(30)25-20/h3-9,14H,2,10-13,15H2,1H3,(H,24,25,30). The van der Waals surface area contributed by atoms with E-state index in [-0.39, 0.29) is 5.56 Å². The van der Waals surface area contributed by atoms with Crippen LogP contribution in [0, 0.1) is 0 Å². The molecular weight excluding hydrogens is 424 g/mol. The summed E-state index contributed by atoms with van der Waals surface area (Å²) in [5.41, 5.74) is 2.84. The molecule has 0 amide bonds. The number of aromatic nitrogens is 5. The van der Waals surface area contributed by atoms with E-state index < -0.39 is 0 Å². The predicted octanol–water partition coefficient (Wildman–Crippen LogP) is 3.20. The van der Waals surface area contributed by atoms with Gasteiger partial charge in [0.1, 0.15) is 5.82 Å². The molecule has 0 radical (unpaired) electrons. The quantitative estimate of drug-likeness (QED) is 0.453. The topological polar surface area (TPSA) is 88.9 Å². The summed E-state index contributed by atoms with van der Waals surface area (Å²) < 4.78 is 7.61. The van der Waals surface area contributed by atoms with Gasteiger partial charge in [-0.25, -0.2) is 4.98 Å². The van der Waals surface area contributed by atoms with Crippen LogP contribution in [0.3, 0.4) is 0 Å². The van der Waals surface area contributed by atoms with Crippen molar-refractivity contribution in [3.8, 4) is 5.69 Å². The first-order valence-corrected chi connectivity index (χ1v) is 11.7. The minimum absolute atomic E-state index is 0.127. The molecule has 9 heteroatoms. The molecule has 1 N–H and O–H groups in total. The maximum atomic E-state index is 12.4. The molecule has 4 aromatic rings. The fourth-order valence-electron chi connectivity index (χ4n) is 3.80. The SMILES string of the molecule is CCc1cccc(-n2c(SCc3nc4ccccc4c(=O)[nH]3)nnc2N2CCOCC2)c1. The third-order valence-corrected chi connectivity index (χ3v) is 6.43. The molecule has 32 heavy (non-hydrogen) atoms. The minimum atomic E-state index is -0.127. The summed E-state index contributed by atoms with van der Waals surface area (Å²) in [4.78, 5) is 22.1. The fraction of sp³-hybridized carbons (Fsp3) is 0.304. The van der Waals surface area contributed by atoms with E-state index in [1.165, 1.54) is 17.3 Å². The van der Waals surface area contributed by atoms with Crippen molar-refractivity contribution in [3.05, 3.63) is 70.3 Å². The third-order valence-electron chi connectivity index (χ3n) is 5.49. The highest BCUT2D eigenvalue weighted by molar-refractivity contribution is 7.98. The second-order valence-corrected chi connectivity index (χ2v) is 8.50. The zero-order chi connectivity index (χ0) is 21.9. The number of hydrogen-bond donors (Lipinski definition) is 1. The molecule has 0 saturated carbocycles. The summed E-state index contributed by atoms with van der Waals surface area (Å²) in [6.45, 7) is 5.04. The number of thioether (sulfide) groups is 1. The summed E-state index contributed by atoms with van der Waals surface area (Å²) in [6.07, 6.45) is 0.952. The Morgan fingerprint density at radius 2 is 1.94 bits per heavy atom. The van der Waals surface area contributed by atoms with Crippen molar-refractivity contribution in [2.45, 2.75) is 24.3 Å². The lowest BCUT2D eigenvalue weighted by Gasteiger charge is -2.28. The van der Waals surface area contributed by atoms with Crippen LogP contribution in [-0.2, 0) is 16.9 Å². The lowest BCUT2D eigenvalue weighted by molar-refractivity contribution is 0.122. The van der Waals surface area contributed by atoms with Crippen molar-refractivity contribution in [1.29, 1.82) is 0 Å². The normalized spacial score (nSPS) is 14.2. The van der Waals surface area contributed by atoms with E-state index in [9.17, 15) is 4.79 Å². The zero-order valence-corrected chi connectivity index (χ0v) is 18.6. The van der Waals surface area contributed by atoms with Crippen molar-refractivity contribution in [1.82, 2.24) is 24.7 Å². The van der Waals surface area contributed by atoms with Gasteiger partial charge in [-0.3, -0.25) is 9.36 Å². The Bertz CT molecular complexity index is 1300. The lowest BCUT2D eigenvalue weighted by atomic mass is 10.1. The molecule has 0 aliphatic carbocycles. The lowest BCUT2D eigenvalue weighted by Crippen LogP contribution is -2.37. The second-order valence-electron chi connectivity index (χ2n) is 7.56. The molecule has 1 aliphatic heterocycles. The number of aromatic amines is 1. The van der Waals surface area contributed by atoms with Crippen LogP contribution in [0.1, 0.15) is 18.3 Å². The Balaban J connectivity index is 1.49. The van der Waals surface area contributed by atoms with Crippen molar-refractivity contribution >= 4 is 28.6 Å². The molecule has 0 atom stereocenters.